The standard InChI is InChI=1S/C19H24N2O5S/c1-14-12-15(21-8-10-26-11-9-21)4-6-17(14)20-27(22,23)16-5-7-18(24-2)19(13-16)25-3/h4-7,12-13,20H,8-11H2,1-3H3. The van der Waals surface area contributed by atoms with E-state index >= 15 is 0 Å². The molecule has 1 aliphatic rings. The SMILES string of the molecule is COc1ccc(S(=O)(=O)Nc2ccc(N3CCOCC3)cc2C)cc1OC. The van der Waals surface area contributed by atoms with Crippen molar-refractivity contribution in [2.75, 3.05) is 50.1 Å². The Morgan fingerprint density at radius 3 is 2.33 bits per heavy atom. The molecule has 7 nitrogen and oxygen atoms in total. The van der Waals surface area contributed by atoms with Crippen LogP contribution in [0.3, 0.4) is 0 Å². The van der Waals surface area contributed by atoms with E-state index in [1.807, 2.05) is 19.1 Å². The smallest absolute Gasteiger partial charge is 0.262 e. The average Bonchev–Trinajstić information content (AvgIpc) is 2.69. The molecule has 0 bridgehead atoms. The lowest BCUT2D eigenvalue weighted by Gasteiger charge is -2.29. The van der Waals surface area contributed by atoms with E-state index in [0.29, 0.717) is 30.4 Å². The molecule has 27 heavy (non-hydrogen) atoms. The second kappa shape index (κ2) is 8.06. The monoisotopic (exact) mass is 392 g/mol. The lowest BCUT2D eigenvalue weighted by atomic mass is 10.1. The summed E-state index contributed by atoms with van der Waals surface area (Å²) in [6, 6.07) is 10.2. The van der Waals surface area contributed by atoms with E-state index in [0.717, 1.165) is 24.3 Å². The minimum atomic E-state index is -3.75. The fraction of sp³-hybridized carbons (Fsp3) is 0.368. The Morgan fingerprint density at radius 2 is 1.70 bits per heavy atom. The van der Waals surface area contributed by atoms with Crippen molar-refractivity contribution in [3.63, 3.8) is 0 Å². The lowest BCUT2D eigenvalue weighted by molar-refractivity contribution is 0.122. The van der Waals surface area contributed by atoms with Crippen molar-refractivity contribution in [2.24, 2.45) is 0 Å². The summed E-state index contributed by atoms with van der Waals surface area (Å²) in [5.74, 6) is 0.835. The zero-order chi connectivity index (χ0) is 19.4. The number of nitrogens with zero attached hydrogens (tertiary/aromatic N) is 1. The number of morpholine rings is 1. The predicted octanol–water partition coefficient (Wildman–Crippen LogP) is 2.65. The van der Waals surface area contributed by atoms with Gasteiger partial charge >= 0.3 is 0 Å². The quantitative estimate of drug-likeness (QED) is 0.814. The van der Waals surface area contributed by atoms with Crippen molar-refractivity contribution >= 4 is 21.4 Å². The highest BCUT2D eigenvalue weighted by atomic mass is 32.2. The van der Waals surface area contributed by atoms with Crippen LogP contribution < -0.4 is 19.1 Å². The summed E-state index contributed by atoms with van der Waals surface area (Å²) >= 11 is 0. The molecule has 2 aromatic carbocycles. The van der Waals surface area contributed by atoms with Gasteiger partial charge in [0.25, 0.3) is 10.0 Å². The summed E-state index contributed by atoms with van der Waals surface area (Å²) in [4.78, 5) is 2.33. The van der Waals surface area contributed by atoms with Gasteiger partial charge in [-0.25, -0.2) is 8.42 Å². The number of anilines is 2. The molecule has 0 amide bonds. The van der Waals surface area contributed by atoms with Gasteiger partial charge in [0.15, 0.2) is 11.5 Å². The molecule has 146 valence electrons. The van der Waals surface area contributed by atoms with Crippen molar-refractivity contribution in [2.45, 2.75) is 11.8 Å². The highest BCUT2D eigenvalue weighted by molar-refractivity contribution is 7.92. The summed E-state index contributed by atoms with van der Waals surface area (Å²) in [5, 5.41) is 0. The molecule has 1 aliphatic heterocycles. The molecule has 0 aliphatic carbocycles. The number of hydrogen-bond donors (Lipinski definition) is 1. The molecule has 0 radical (unpaired) electrons. The number of ether oxygens (including phenoxy) is 3. The molecule has 0 atom stereocenters. The molecule has 0 unspecified atom stereocenters. The zero-order valence-corrected chi connectivity index (χ0v) is 16.5. The van der Waals surface area contributed by atoms with Gasteiger partial charge in [0.05, 0.1) is 38.0 Å². The van der Waals surface area contributed by atoms with E-state index in [1.54, 1.807) is 12.1 Å². The molecule has 3 rings (SSSR count). The maximum atomic E-state index is 12.8. The molecule has 0 spiro atoms. The Hall–Kier alpha value is -2.45. The van der Waals surface area contributed by atoms with Gasteiger partial charge in [0.1, 0.15) is 0 Å². The molecule has 2 aromatic rings. The molecule has 0 saturated carbocycles. The predicted molar refractivity (Wildman–Crippen MR) is 105 cm³/mol. The second-order valence-electron chi connectivity index (χ2n) is 6.22. The van der Waals surface area contributed by atoms with Crippen LogP contribution in [0.5, 0.6) is 11.5 Å². The van der Waals surface area contributed by atoms with Gasteiger partial charge in [-0.2, -0.15) is 0 Å². The van der Waals surface area contributed by atoms with Crippen LogP contribution in [0.25, 0.3) is 0 Å². The first kappa shape index (κ1) is 19.3. The van der Waals surface area contributed by atoms with E-state index < -0.39 is 10.0 Å². The summed E-state index contributed by atoms with van der Waals surface area (Å²) in [6.07, 6.45) is 0. The number of hydrogen-bond acceptors (Lipinski definition) is 6. The van der Waals surface area contributed by atoms with Gasteiger partial charge in [-0.3, -0.25) is 4.72 Å². The normalized spacial score (nSPS) is 14.7. The zero-order valence-electron chi connectivity index (χ0n) is 15.7. The van der Waals surface area contributed by atoms with Crippen LogP contribution in [0.4, 0.5) is 11.4 Å². The van der Waals surface area contributed by atoms with E-state index in [-0.39, 0.29) is 4.90 Å². The molecule has 1 heterocycles. The molecular formula is C19H24N2O5S. The minimum absolute atomic E-state index is 0.108. The van der Waals surface area contributed by atoms with Crippen LogP contribution in [0, 0.1) is 6.92 Å². The van der Waals surface area contributed by atoms with Crippen LogP contribution in [-0.4, -0.2) is 48.9 Å². The Morgan fingerprint density at radius 1 is 1.00 bits per heavy atom. The fourth-order valence-corrected chi connectivity index (χ4v) is 4.11. The third-order valence-electron chi connectivity index (χ3n) is 4.50. The second-order valence-corrected chi connectivity index (χ2v) is 7.90. The fourth-order valence-electron chi connectivity index (χ4n) is 2.97. The average molecular weight is 392 g/mol. The van der Waals surface area contributed by atoms with Gasteiger partial charge in [-0.05, 0) is 42.8 Å². The Labute approximate surface area is 159 Å². The third-order valence-corrected chi connectivity index (χ3v) is 5.86. The highest BCUT2D eigenvalue weighted by Crippen LogP contribution is 2.31. The maximum absolute atomic E-state index is 12.8. The summed E-state index contributed by atoms with van der Waals surface area (Å²) in [6.45, 7) is 4.95. The number of nitrogens with one attached hydrogen (secondary N) is 1. The van der Waals surface area contributed by atoms with Crippen molar-refractivity contribution in [1.82, 2.24) is 0 Å². The van der Waals surface area contributed by atoms with Crippen LogP contribution >= 0.6 is 0 Å². The van der Waals surface area contributed by atoms with E-state index in [1.165, 1.54) is 26.4 Å². The summed E-state index contributed by atoms with van der Waals surface area (Å²) in [5.41, 5.74) is 2.45. The largest absolute Gasteiger partial charge is 0.493 e. The first-order valence-corrected chi connectivity index (χ1v) is 10.1. The molecule has 1 fully saturated rings. The molecule has 1 N–H and O–H groups in total. The maximum Gasteiger partial charge on any atom is 0.262 e. The van der Waals surface area contributed by atoms with Gasteiger partial charge in [0, 0.05) is 24.8 Å². The number of methoxy groups -OCH3 is 2. The van der Waals surface area contributed by atoms with Crippen LogP contribution in [0.15, 0.2) is 41.3 Å². The van der Waals surface area contributed by atoms with Crippen molar-refractivity contribution in [3.05, 3.63) is 42.0 Å². The van der Waals surface area contributed by atoms with Gasteiger partial charge < -0.3 is 19.1 Å². The van der Waals surface area contributed by atoms with Gasteiger partial charge in [0.2, 0.25) is 0 Å². The lowest BCUT2D eigenvalue weighted by Crippen LogP contribution is -2.36. The summed E-state index contributed by atoms with van der Waals surface area (Å²) < 4.78 is 43.9. The number of aryl methyl sites for hydroxylation is 1. The highest BCUT2D eigenvalue weighted by Gasteiger charge is 2.19. The number of sulfonamides is 1. The van der Waals surface area contributed by atoms with Gasteiger partial charge in [-0.15, -0.1) is 0 Å². The first-order chi connectivity index (χ1) is 12.9. The Kier molecular flexibility index (Phi) is 5.76. The molecule has 1 saturated heterocycles. The third kappa shape index (κ3) is 4.28. The van der Waals surface area contributed by atoms with Crippen molar-refractivity contribution < 1.29 is 22.6 Å². The Balaban J connectivity index is 1.83. The molecule has 8 heteroatoms. The van der Waals surface area contributed by atoms with Crippen molar-refractivity contribution in [3.8, 4) is 11.5 Å². The molecule has 0 aromatic heterocycles. The van der Waals surface area contributed by atoms with E-state index in [9.17, 15) is 8.42 Å². The van der Waals surface area contributed by atoms with Crippen LogP contribution in [-0.2, 0) is 14.8 Å². The van der Waals surface area contributed by atoms with E-state index in [2.05, 4.69) is 9.62 Å². The molecular weight excluding hydrogens is 368 g/mol. The minimum Gasteiger partial charge on any atom is -0.493 e. The topological polar surface area (TPSA) is 77.1 Å². The van der Waals surface area contributed by atoms with Gasteiger partial charge in [-0.1, -0.05) is 0 Å². The number of rotatable bonds is 6. The first-order valence-electron chi connectivity index (χ1n) is 8.63. The number of benzene rings is 2. The van der Waals surface area contributed by atoms with Crippen LogP contribution in [0.1, 0.15) is 5.56 Å². The summed E-state index contributed by atoms with van der Waals surface area (Å²) in [7, 11) is -0.778. The van der Waals surface area contributed by atoms with Crippen LogP contribution in [0.2, 0.25) is 0 Å². The van der Waals surface area contributed by atoms with Crippen molar-refractivity contribution in [1.29, 1.82) is 0 Å². The van der Waals surface area contributed by atoms with E-state index in [4.69, 9.17) is 14.2 Å². The Bertz CT molecular complexity index is 908.